The van der Waals surface area contributed by atoms with Crippen molar-refractivity contribution in [1.29, 1.82) is 0 Å². The standard InChI is InChI=1S/C25H27N3O3/c1-16-10-9-11-17(2)24(16)26-25(30)20(5)31-23(29)15-14-22-18(3)27-28(19(22)4)21-12-7-6-8-13-21/h6-15,20H,1-5H3,(H,26,30)/b15-14+. The second kappa shape index (κ2) is 9.43. The van der Waals surface area contributed by atoms with Crippen LogP contribution in [0, 0.1) is 27.7 Å². The van der Waals surface area contributed by atoms with Crippen molar-refractivity contribution in [3.8, 4) is 5.69 Å². The van der Waals surface area contributed by atoms with E-state index < -0.39 is 12.1 Å². The molecular formula is C25H27N3O3. The molecule has 0 aliphatic heterocycles. The van der Waals surface area contributed by atoms with E-state index >= 15 is 0 Å². The Balaban J connectivity index is 1.67. The van der Waals surface area contributed by atoms with Crippen LogP contribution in [0.1, 0.15) is 35.0 Å². The van der Waals surface area contributed by atoms with Crippen LogP contribution in [-0.4, -0.2) is 27.8 Å². The quantitative estimate of drug-likeness (QED) is 0.466. The number of esters is 1. The minimum absolute atomic E-state index is 0.372. The molecule has 0 spiro atoms. The number of carbonyl (C=O) groups is 2. The van der Waals surface area contributed by atoms with Gasteiger partial charge in [-0.2, -0.15) is 5.10 Å². The summed E-state index contributed by atoms with van der Waals surface area (Å²) in [7, 11) is 0. The highest BCUT2D eigenvalue weighted by Crippen LogP contribution is 2.21. The average molecular weight is 418 g/mol. The number of carbonyl (C=O) groups excluding carboxylic acids is 2. The van der Waals surface area contributed by atoms with Crippen molar-refractivity contribution in [3.63, 3.8) is 0 Å². The van der Waals surface area contributed by atoms with Gasteiger partial charge in [-0.15, -0.1) is 0 Å². The van der Waals surface area contributed by atoms with Crippen LogP contribution < -0.4 is 5.32 Å². The topological polar surface area (TPSA) is 73.2 Å². The number of hydrogen-bond donors (Lipinski definition) is 1. The van der Waals surface area contributed by atoms with E-state index in [1.807, 2.05) is 80.9 Å². The highest BCUT2D eigenvalue weighted by atomic mass is 16.5. The monoisotopic (exact) mass is 417 g/mol. The van der Waals surface area contributed by atoms with Crippen molar-refractivity contribution in [2.75, 3.05) is 5.32 Å². The van der Waals surface area contributed by atoms with E-state index in [9.17, 15) is 9.59 Å². The first-order valence-corrected chi connectivity index (χ1v) is 10.2. The number of nitrogens with one attached hydrogen (secondary N) is 1. The van der Waals surface area contributed by atoms with Crippen molar-refractivity contribution < 1.29 is 14.3 Å². The first kappa shape index (κ1) is 22.0. The smallest absolute Gasteiger partial charge is 0.331 e. The Morgan fingerprint density at radius 3 is 2.29 bits per heavy atom. The number of rotatable bonds is 6. The maximum absolute atomic E-state index is 12.5. The van der Waals surface area contributed by atoms with Crippen LogP contribution >= 0.6 is 0 Å². The van der Waals surface area contributed by atoms with Crippen LogP contribution in [0.5, 0.6) is 0 Å². The van der Waals surface area contributed by atoms with Crippen molar-refractivity contribution in [3.05, 3.63) is 82.7 Å². The third kappa shape index (κ3) is 5.09. The summed E-state index contributed by atoms with van der Waals surface area (Å²) in [6, 6.07) is 15.6. The van der Waals surface area contributed by atoms with Crippen LogP contribution in [0.25, 0.3) is 11.8 Å². The number of nitrogens with zero attached hydrogens (tertiary/aromatic N) is 2. The summed E-state index contributed by atoms with van der Waals surface area (Å²) in [6.45, 7) is 9.22. The third-order valence-electron chi connectivity index (χ3n) is 5.13. The molecule has 1 aromatic heterocycles. The van der Waals surface area contributed by atoms with E-state index in [4.69, 9.17) is 4.74 Å². The van der Waals surface area contributed by atoms with Gasteiger partial charge in [-0.1, -0.05) is 36.4 Å². The Morgan fingerprint density at radius 2 is 1.65 bits per heavy atom. The fourth-order valence-electron chi connectivity index (χ4n) is 3.37. The zero-order chi connectivity index (χ0) is 22.5. The van der Waals surface area contributed by atoms with Gasteiger partial charge < -0.3 is 10.1 Å². The van der Waals surface area contributed by atoms with Crippen molar-refractivity contribution in [2.45, 2.75) is 40.7 Å². The van der Waals surface area contributed by atoms with Gasteiger partial charge in [-0.25, -0.2) is 9.48 Å². The molecule has 0 saturated carbocycles. The second-order valence-corrected chi connectivity index (χ2v) is 7.50. The zero-order valence-electron chi connectivity index (χ0n) is 18.5. The Bertz CT molecular complexity index is 1110. The minimum atomic E-state index is -0.926. The van der Waals surface area contributed by atoms with E-state index in [-0.39, 0.29) is 5.91 Å². The molecule has 1 unspecified atom stereocenters. The molecule has 1 N–H and O–H groups in total. The first-order chi connectivity index (χ1) is 14.8. The zero-order valence-corrected chi connectivity index (χ0v) is 18.5. The molecule has 31 heavy (non-hydrogen) atoms. The summed E-state index contributed by atoms with van der Waals surface area (Å²) in [5.74, 6) is -0.959. The predicted molar refractivity (Wildman–Crippen MR) is 122 cm³/mol. The summed E-state index contributed by atoms with van der Waals surface area (Å²) in [5.41, 5.74) is 6.14. The van der Waals surface area contributed by atoms with Gasteiger partial charge in [0, 0.05) is 23.0 Å². The number of amides is 1. The number of aromatic nitrogens is 2. The molecule has 0 aliphatic carbocycles. The van der Waals surface area contributed by atoms with Crippen molar-refractivity contribution in [1.82, 2.24) is 9.78 Å². The van der Waals surface area contributed by atoms with Gasteiger partial charge in [0.15, 0.2) is 6.10 Å². The molecule has 1 heterocycles. The van der Waals surface area contributed by atoms with E-state index in [1.54, 1.807) is 13.0 Å². The normalized spacial score (nSPS) is 12.0. The lowest BCUT2D eigenvalue weighted by Crippen LogP contribution is -2.30. The molecule has 0 saturated heterocycles. The molecule has 0 bridgehead atoms. The van der Waals surface area contributed by atoms with Crippen molar-refractivity contribution in [2.24, 2.45) is 0 Å². The lowest BCUT2D eigenvalue weighted by atomic mass is 10.1. The largest absolute Gasteiger partial charge is 0.449 e. The summed E-state index contributed by atoms with van der Waals surface area (Å²) in [5, 5.41) is 7.40. The highest BCUT2D eigenvalue weighted by molar-refractivity contribution is 5.97. The van der Waals surface area contributed by atoms with Gasteiger partial charge in [-0.05, 0) is 64.0 Å². The van der Waals surface area contributed by atoms with E-state index in [0.29, 0.717) is 0 Å². The summed E-state index contributed by atoms with van der Waals surface area (Å²) in [4.78, 5) is 24.8. The Labute approximate surface area is 182 Å². The van der Waals surface area contributed by atoms with Gasteiger partial charge in [0.2, 0.25) is 0 Å². The molecule has 1 amide bonds. The molecule has 3 rings (SSSR count). The summed E-state index contributed by atoms with van der Waals surface area (Å²) in [6.07, 6.45) is 2.08. The van der Waals surface area contributed by atoms with Crippen molar-refractivity contribution >= 4 is 23.6 Å². The molecule has 160 valence electrons. The van der Waals surface area contributed by atoms with Crippen LogP contribution in [0.4, 0.5) is 5.69 Å². The average Bonchev–Trinajstić information content (AvgIpc) is 3.03. The Kier molecular flexibility index (Phi) is 6.70. The summed E-state index contributed by atoms with van der Waals surface area (Å²) >= 11 is 0. The van der Waals surface area contributed by atoms with Crippen LogP contribution in [0.2, 0.25) is 0 Å². The lowest BCUT2D eigenvalue weighted by molar-refractivity contribution is -0.148. The van der Waals surface area contributed by atoms with Gasteiger partial charge in [-0.3, -0.25) is 4.79 Å². The number of ether oxygens (including phenoxy) is 1. The Morgan fingerprint density at radius 1 is 1.00 bits per heavy atom. The molecule has 3 aromatic rings. The number of para-hydroxylation sites is 2. The predicted octanol–water partition coefficient (Wildman–Crippen LogP) is 4.69. The maximum atomic E-state index is 12.5. The van der Waals surface area contributed by atoms with Crippen LogP contribution in [-0.2, 0) is 14.3 Å². The molecular weight excluding hydrogens is 390 g/mol. The number of aryl methyl sites for hydroxylation is 3. The molecule has 6 nitrogen and oxygen atoms in total. The van der Waals surface area contributed by atoms with Gasteiger partial charge in [0.25, 0.3) is 5.91 Å². The SMILES string of the molecule is Cc1cccc(C)c1NC(=O)C(C)OC(=O)/C=C/c1c(C)nn(-c2ccccc2)c1C. The van der Waals surface area contributed by atoms with Gasteiger partial charge >= 0.3 is 5.97 Å². The van der Waals surface area contributed by atoms with Gasteiger partial charge in [0.1, 0.15) is 0 Å². The van der Waals surface area contributed by atoms with Gasteiger partial charge in [0.05, 0.1) is 11.4 Å². The lowest BCUT2D eigenvalue weighted by Gasteiger charge is -2.15. The van der Waals surface area contributed by atoms with E-state index in [0.717, 1.165) is 39.5 Å². The number of hydrogen-bond acceptors (Lipinski definition) is 4. The molecule has 0 radical (unpaired) electrons. The first-order valence-electron chi connectivity index (χ1n) is 10.2. The fraction of sp³-hybridized carbons (Fsp3) is 0.240. The molecule has 0 fully saturated rings. The number of benzene rings is 2. The minimum Gasteiger partial charge on any atom is -0.449 e. The molecule has 2 aromatic carbocycles. The molecule has 0 aliphatic rings. The van der Waals surface area contributed by atoms with Crippen LogP contribution in [0.3, 0.4) is 0 Å². The molecule has 1 atom stereocenters. The van der Waals surface area contributed by atoms with E-state index in [1.165, 1.54) is 6.08 Å². The number of anilines is 1. The molecule has 6 heteroatoms. The maximum Gasteiger partial charge on any atom is 0.331 e. The Hall–Kier alpha value is -3.67. The van der Waals surface area contributed by atoms with Crippen LogP contribution in [0.15, 0.2) is 54.6 Å². The van der Waals surface area contributed by atoms with E-state index in [2.05, 4.69) is 10.4 Å². The summed E-state index contributed by atoms with van der Waals surface area (Å²) < 4.78 is 7.13. The highest BCUT2D eigenvalue weighted by Gasteiger charge is 2.18. The second-order valence-electron chi connectivity index (χ2n) is 7.50. The third-order valence-corrected chi connectivity index (χ3v) is 5.13. The fourth-order valence-corrected chi connectivity index (χ4v) is 3.37.